The number of furan rings is 1. The number of amides is 1. The van der Waals surface area contributed by atoms with Crippen molar-refractivity contribution >= 4 is 11.6 Å². The van der Waals surface area contributed by atoms with Gasteiger partial charge in [0.15, 0.2) is 5.76 Å². The quantitative estimate of drug-likeness (QED) is 0.854. The van der Waals surface area contributed by atoms with E-state index in [4.69, 9.17) is 10.2 Å². The Balaban J connectivity index is 1.82. The van der Waals surface area contributed by atoms with Gasteiger partial charge in [0.2, 0.25) is 0 Å². The maximum absolute atomic E-state index is 12.7. The number of piperidine rings is 1. The zero-order chi connectivity index (χ0) is 16.6. The molecule has 1 fully saturated rings. The average Bonchev–Trinajstić information content (AvgIpc) is 2.95. The van der Waals surface area contributed by atoms with E-state index in [0.29, 0.717) is 23.4 Å². The van der Waals surface area contributed by atoms with Crippen LogP contribution in [0.4, 0.5) is 5.69 Å². The summed E-state index contributed by atoms with van der Waals surface area (Å²) >= 11 is 0. The molecule has 2 aromatic rings. The lowest BCUT2D eigenvalue weighted by molar-refractivity contribution is 0.0592. The predicted molar refractivity (Wildman–Crippen MR) is 92.1 cm³/mol. The standard InChI is InChI=1S/C19H24N2O2/c1-12-8-13(2)11-21(10-12)19(22)18-7-6-17(23-18)16-5-4-15(20)9-14(16)3/h4-7,9,12-13H,8,10-11,20H2,1-3H3/t12-,13-/m1/s1. The first kappa shape index (κ1) is 15.7. The third kappa shape index (κ3) is 3.26. The van der Waals surface area contributed by atoms with Crippen molar-refractivity contribution in [1.82, 2.24) is 4.90 Å². The van der Waals surface area contributed by atoms with Gasteiger partial charge in [0.1, 0.15) is 5.76 Å². The molecule has 0 saturated carbocycles. The van der Waals surface area contributed by atoms with E-state index in [-0.39, 0.29) is 5.91 Å². The first-order valence-corrected chi connectivity index (χ1v) is 8.19. The van der Waals surface area contributed by atoms with E-state index < -0.39 is 0 Å². The van der Waals surface area contributed by atoms with Gasteiger partial charge in [0.05, 0.1) is 0 Å². The van der Waals surface area contributed by atoms with Crippen molar-refractivity contribution in [2.75, 3.05) is 18.8 Å². The molecular formula is C19H24N2O2. The second kappa shape index (κ2) is 6.11. The number of nitrogens with zero attached hydrogens (tertiary/aromatic N) is 1. The third-order valence-corrected chi connectivity index (χ3v) is 4.49. The summed E-state index contributed by atoms with van der Waals surface area (Å²) in [7, 11) is 0. The summed E-state index contributed by atoms with van der Waals surface area (Å²) in [6.07, 6.45) is 1.18. The number of likely N-dealkylation sites (tertiary alicyclic amines) is 1. The van der Waals surface area contributed by atoms with Crippen LogP contribution >= 0.6 is 0 Å². The van der Waals surface area contributed by atoms with Gasteiger partial charge >= 0.3 is 0 Å². The fourth-order valence-corrected chi connectivity index (χ4v) is 3.55. The highest BCUT2D eigenvalue weighted by Crippen LogP contribution is 2.28. The van der Waals surface area contributed by atoms with Crippen LogP contribution in [0.25, 0.3) is 11.3 Å². The smallest absolute Gasteiger partial charge is 0.289 e. The van der Waals surface area contributed by atoms with Gasteiger partial charge < -0.3 is 15.1 Å². The number of hydrogen-bond acceptors (Lipinski definition) is 3. The van der Waals surface area contributed by atoms with Crippen LogP contribution in [0, 0.1) is 18.8 Å². The number of carbonyl (C=O) groups is 1. The zero-order valence-corrected chi connectivity index (χ0v) is 14.0. The van der Waals surface area contributed by atoms with Crippen molar-refractivity contribution in [2.45, 2.75) is 27.2 Å². The molecule has 1 saturated heterocycles. The maximum atomic E-state index is 12.7. The molecule has 1 amide bonds. The Morgan fingerprint density at radius 1 is 1.17 bits per heavy atom. The minimum absolute atomic E-state index is 0.0113. The molecule has 1 aliphatic heterocycles. The fraction of sp³-hybridized carbons (Fsp3) is 0.421. The Morgan fingerprint density at radius 2 is 1.87 bits per heavy atom. The zero-order valence-electron chi connectivity index (χ0n) is 14.0. The molecule has 0 spiro atoms. The molecule has 0 radical (unpaired) electrons. The second-order valence-corrected chi connectivity index (χ2v) is 6.89. The summed E-state index contributed by atoms with van der Waals surface area (Å²) in [4.78, 5) is 14.6. The SMILES string of the molecule is Cc1cc(N)ccc1-c1ccc(C(=O)N2C[C@H](C)C[C@@H](C)C2)o1. The van der Waals surface area contributed by atoms with Crippen LogP contribution in [0.5, 0.6) is 0 Å². The molecule has 0 aliphatic carbocycles. The molecule has 2 atom stereocenters. The van der Waals surface area contributed by atoms with Crippen LogP contribution in [-0.4, -0.2) is 23.9 Å². The number of rotatable bonds is 2. The normalized spacial score (nSPS) is 21.4. The van der Waals surface area contributed by atoms with Crippen LogP contribution in [0.15, 0.2) is 34.7 Å². The van der Waals surface area contributed by atoms with Crippen LogP contribution < -0.4 is 5.73 Å². The number of hydrogen-bond donors (Lipinski definition) is 1. The molecule has 2 heterocycles. The molecule has 0 unspecified atom stereocenters. The molecule has 0 bridgehead atoms. The summed E-state index contributed by atoms with van der Waals surface area (Å²) in [5.74, 6) is 2.19. The van der Waals surface area contributed by atoms with Crippen molar-refractivity contribution in [3.8, 4) is 11.3 Å². The van der Waals surface area contributed by atoms with E-state index in [2.05, 4.69) is 13.8 Å². The summed E-state index contributed by atoms with van der Waals surface area (Å²) in [5, 5.41) is 0. The fourth-order valence-electron chi connectivity index (χ4n) is 3.55. The monoisotopic (exact) mass is 312 g/mol. The first-order chi connectivity index (χ1) is 10.9. The molecule has 1 aliphatic rings. The number of nitrogen functional groups attached to an aromatic ring is 1. The summed E-state index contributed by atoms with van der Waals surface area (Å²) in [6.45, 7) is 7.99. The van der Waals surface area contributed by atoms with E-state index in [1.54, 1.807) is 6.07 Å². The van der Waals surface area contributed by atoms with Crippen LogP contribution in [0.1, 0.15) is 36.4 Å². The largest absolute Gasteiger partial charge is 0.451 e. The Kier molecular flexibility index (Phi) is 4.16. The Labute approximate surface area is 137 Å². The number of anilines is 1. The summed E-state index contributed by atoms with van der Waals surface area (Å²) in [6, 6.07) is 9.33. The molecule has 122 valence electrons. The molecule has 1 aromatic carbocycles. The van der Waals surface area contributed by atoms with E-state index >= 15 is 0 Å². The Bertz CT molecular complexity index is 710. The Morgan fingerprint density at radius 3 is 2.52 bits per heavy atom. The molecular weight excluding hydrogens is 288 g/mol. The van der Waals surface area contributed by atoms with Crippen LogP contribution in [0.2, 0.25) is 0 Å². The van der Waals surface area contributed by atoms with Gasteiger partial charge in [-0.05, 0) is 61.1 Å². The molecule has 4 heteroatoms. The lowest BCUT2D eigenvalue weighted by atomic mass is 9.92. The van der Waals surface area contributed by atoms with Gasteiger partial charge in [-0.3, -0.25) is 4.79 Å². The molecule has 2 N–H and O–H groups in total. The summed E-state index contributed by atoms with van der Waals surface area (Å²) < 4.78 is 5.84. The Hall–Kier alpha value is -2.23. The van der Waals surface area contributed by atoms with Crippen molar-refractivity contribution in [1.29, 1.82) is 0 Å². The van der Waals surface area contributed by atoms with Crippen molar-refractivity contribution in [3.63, 3.8) is 0 Å². The van der Waals surface area contributed by atoms with Crippen LogP contribution in [0.3, 0.4) is 0 Å². The highest BCUT2D eigenvalue weighted by Gasteiger charge is 2.27. The third-order valence-electron chi connectivity index (χ3n) is 4.49. The van der Waals surface area contributed by atoms with Gasteiger partial charge in [-0.1, -0.05) is 13.8 Å². The van der Waals surface area contributed by atoms with Crippen molar-refractivity contribution < 1.29 is 9.21 Å². The predicted octanol–water partition coefficient (Wildman–Crippen LogP) is 3.96. The lowest BCUT2D eigenvalue weighted by Gasteiger charge is -2.34. The minimum Gasteiger partial charge on any atom is -0.451 e. The average molecular weight is 312 g/mol. The van der Waals surface area contributed by atoms with E-state index in [9.17, 15) is 4.79 Å². The highest BCUT2D eigenvalue weighted by atomic mass is 16.4. The van der Waals surface area contributed by atoms with Gasteiger partial charge in [-0.15, -0.1) is 0 Å². The number of benzene rings is 1. The van der Waals surface area contributed by atoms with E-state index in [1.807, 2.05) is 36.1 Å². The van der Waals surface area contributed by atoms with Gasteiger partial charge in [0, 0.05) is 24.3 Å². The molecule has 23 heavy (non-hydrogen) atoms. The van der Waals surface area contributed by atoms with E-state index in [1.165, 1.54) is 6.42 Å². The first-order valence-electron chi connectivity index (χ1n) is 8.19. The molecule has 3 rings (SSSR count). The van der Waals surface area contributed by atoms with Crippen molar-refractivity contribution in [3.05, 3.63) is 41.7 Å². The highest BCUT2D eigenvalue weighted by molar-refractivity contribution is 5.92. The van der Waals surface area contributed by atoms with Crippen LogP contribution in [-0.2, 0) is 0 Å². The lowest BCUT2D eigenvalue weighted by Crippen LogP contribution is -2.42. The molecule has 4 nitrogen and oxygen atoms in total. The number of aryl methyl sites for hydroxylation is 1. The van der Waals surface area contributed by atoms with Gasteiger partial charge in [-0.2, -0.15) is 0 Å². The summed E-state index contributed by atoms with van der Waals surface area (Å²) in [5.41, 5.74) is 8.53. The van der Waals surface area contributed by atoms with Gasteiger partial charge in [-0.25, -0.2) is 0 Å². The number of carbonyl (C=O) groups excluding carboxylic acids is 1. The van der Waals surface area contributed by atoms with E-state index in [0.717, 1.165) is 29.9 Å². The second-order valence-electron chi connectivity index (χ2n) is 6.89. The minimum atomic E-state index is -0.0113. The number of nitrogens with two attached hydrogens (primary N) is 1. The van der Waals surface area contributed by atoms with Crippen molar-refractivity contribution in [2.24, 2.45) is 11.8 Å². The molecule has 1 aromatic heterocycles. The maximum Gasteiger partial charge on any atom is 0.289 e. The topological polar surface area (TPSA) is 59.5 Å². The van der Waals surface area contributed by atoms with Gasteiger partial charge in [0.25, 0.3) is 5.91 Å².